The Balaban J connectivity index is 2.14. The van der Waals surface area contributed by atoms with E-state index in [1.165, 1.54) is 6.08 Å². The van der Waals surface area contributed by atoms with Crippen molar-refractivity contribution in [2.75, 3.05) is 0 Å². The van der Waals surface area contributed by atoms with Crippen LogP contribution in [0.5, 0.6) is 0 Å². The first-order chi connectivity index (χ1) is 10.2. The maximum Gasteiger partial charge on any atom is 0.178 e. The van der Waals surface area contributed by atoms with Crippen LogP contribution >= 0.6 is 0 Å². The van der Waals surface area contributed by atoms with E-state index in [4.69, 9.17) is 10.5 Å². The van der Waals surface area contributed by atoms with Gasteiger partial charge >= 0.3 is 0 Å². The molecule has 0 aliphatic rings. The van der Waals surface area contributed by atoms with Crippen molar-refractivity contribution < 1.29 is 4.79 Å². The molecule has 0 saturated carbocycles. The fourth-order valence-corrected chi connectivity index (χ4v) is 1.77. The van der Waals surface area contributed by atoms with Gasteiger partial charge in [-0.05, 0) is 35.9 Å². The van der Waals surface area contributed by atoms with Crippen LogP contribution in [0.4, 0.5) is 0 Å². The smallest absolute Gasteiger partial charge is 0.178 e. The number of hydrogen-bond donors (Lipinski definition) is 0. The molecule has 4 nitrogen and oxygen atoms in total. The summed E-state index contributed by atoms with van der Waals surface area (Å²) < 4.78 is 0. The van der Waals surface area contributed by atoms with Crippen LogP contribution in [0.15, 0.2) is 54.7 Å². The molecule has 0 fully saturated rings. The predicted octanol–water partition coefficient (Wildman–Crippen LogP) is 2.84. The molecule has 1 atom stereocenters. The molecule has 21 heavy (non-hydrogen) atoms. The monoisotopic (exact) mass is 273 g/mol. The average Bonchev–Trinajstić information content (AvgIpc) is 2.55. The first kappa shape index (κ1) is 14.2. The lowest BCUT2D eigenvalue weighted by molar-refractivity contribution is -0.114. The number of carbonyl (C=O) groups excluding carboxylic acids is 1. The molecule has 1 unspecified atom stereocenters. The number of pyridine rings is 1. The first-order valence-corrected chi connectivity index (χ1v) is 6.27. The molecule has 1 aromatic heterocycles. The van der Waals surface area contributed by atoms with Gasteiger partial charge in [-0.25, -0.2) is 0 Å². The van der Waals surface area contributed by atoms with Gasteiger partial charge in [0.05, 0.1) is 23.4 Å². The molecule has 0 aliphatic heterocycles. The number of ketones is 1. The van der Waals surface area contributed by atoms with Gasteiger partial charge in [-0.1, -0.05) is 24.3 Å². The van der Waals surface area contributed by atoms with Gasteiger partial charge in [0, 0.05) is 6.20 Å². The van der Waals surface area contributed by atoms with Crippen LogP contribution in [-0.2, 0) is 4.79 Å². The molecule has 4 heteroatoms. The molecule has 1 aromatic carbocycles. The Hall–Kier alpha value is -3.24. The van der Waals surface area contributed by atoms with Gasteiger partial charge in [0.25, 0.3) is 0 Å². The second-order valence-electron chi connectivity index (χ2n) is 4.29. The predicted molar refractivity (Wildman–Crippen MR) is 77.8 cm³/mol. The standard InChI is InChI=1S/C17H11N3O/c18-11-14-6-4-13(5-7-14)8-9-17(21)15(12-19)16-3-1-2-10-20-16/h1-10,15H/b9-8+. The molecule has 0 radical (unpaired) electrons. The lowest BCUT2D eigenvalue weighted by Gasteiger charge is -2.03. The normalized spacial score (nSPS) is 11.5. The Morgan fingerprint density at radius 3 is 2.48 bits per heavy atom. The number of aromatic nitrogens is 1. The first-order valence-electron chi connectivity index (χ1n) is 6.27. The third-order valence-electron chi connectivity index (χ3n) is 2.88. The van der Waals surface area contributed by atoms with Crippen molar-refractivity contribution in [3.05, 3.63) is 71.6 Å². The molecule has 0 bridgehead atoms. The van der Waals surface area contributed by atoms with Crippen LogP contribution in [0.25, 0.3) is 6.08 Å². The topological polar surface area (TPSA) is 77.5 Å². The van der Waals surface area contributed by atoms with Gasteiger partial charge in [-0.2, -0.15) is 10.5 Å². The van der Waals surface area contributed by atoms with E-state index in [1.54, 1.807) is 54.7 Å². The van der Waals surface area contributed by atoms with Crippen LogP contribution in [0.3, 0.4) is 0 Å². The van der Waals surface area contributed by atoms with Crippen molar-refractivity contribution in [2.45, 2.75) is 5.92 Å². The number of carbonyl (C=O) groups is 1. The van der Waals surface area contributed by atoms with Gasteiger partial charge in [0.1, 0.15) is 0 Å². The van der Waals surface area contributed by atoms with Crippen molar-refractivity contribution in [2.24, 2.45) is 0 Å². The fraction of sp³-hybridized carbons (Fsp3) is 0.0588. The van der Waals surface area contributed by atoms with Gasteiger partial charge in [0.2, 0.25) is 0 Å². The number of hydrogen-bond acceptors (Lipinski definition) is 4. The van der Waals surface area contributed by atoms with E-state index in [2.05, 4.69) is 4.98 Å². The quantitative estimate of drug-likeness (QED) is 0.802. The molecule has 0 aliphatic carbocycles. The Kier molecular flexibility index (Phi) is 4.58. The molecule has 100 valence electrons. The SMILES string of the molecule is N#Cc1ccc(/C=C/C(=O)C(C#N)c2ccccn2)cc1. The highest BCUT2D eigenvalue weighted by molar-refractivity contribution is 6.00. The second-order valence-corrected chi connectivity index (χ2v) is 4.29. The van der Waals surface area contributed by atoms with Crippen LogP contribution < -0.4 is 0 Å². The van der Waals surface area contributed by atoms with E-state index in [0.29, 0.717) is 11.3 Å². The molecule has 0 spiro atoms. The number of benzene rings is 1. The maximum atomic E-state index is 12.1. The summed E-state index contributed by atoms with van der Waals surface area (Å²) in [5.41, 5.74) is 1.79. The van der Waals surface area contributed by atoms with Crippen LogP contribution in [-0.4, -0.2) is 10.8 Å². The number of allylic oxidation sites excluding steroid dienone is 1. The summed E-state index contributed by atoms with van der Waals surface area (Å²) in [5, 5.41) is 17.8. The van der Waals surface area contributed by atoms with Gasteiger partial charge in [-0.15, -0.1) is 0 Å². The fourth-order valence-electron chi connectivity index (χ4n) is 1.77. The van der Waals surface area contributed by atoms with E-state index in [1.807, 2.05) is 12.1 Å². The molecular weight excluding hydrogens is 262 g/mol. The summed E-state index contributed by atoms with van der Waals surface area (Å²) in [6.45, 7) is 0. The molecular formula is C17H11N3O. The molecule has 2 aromatic rings. The minimum atomic E-state index is -0.902. The molecule has 0 N–H and O–H groups in total. The molecule has 1 heterocycles. The Morgan fingerprint density at radius 1 is 1.14 bits per heavy atom. The van der Waals surface area contributed by atoms with Crippen molar-refractivity contribution in [3.8, 4) is 12.1 Å². The Bertz CT molecular complexity index is 734. The summed E-state index contributed by atoms with van der Waals surface area (Å²) in [5.74, 6) is -1.22. The number of rotatable bonds is 4. The highest BCUT2D eigenvalue weighted by Crippen LogP contribution is 2.14. The van der Waals surface area contributed by atoms with Crippen LogP contribution in [0, 0.1) is 22.7 Å². The summed E-state index contributed by atoms with van der Waals surface area (Å²) >= 11 is 0. The lowest BCUT2D eigenvalue weighted by Crippen LogP contribution is -2.09. The maximum absolute atomic E-state index is 12.1. The van der Waals surface area contributed by atoms with Crippen molar-refractivity contribution >= 4 is 11.9 Å². The zero-order valence-corrected chi connectivity index (χ0v) is 11.1. The van der Waals surface area contributed by atoms with E-state index in [-0.39, 0.29) is 5.78 Å². The summed E-state index contributed by atoms with van der Waals surface area (Å²) in [6, 6.07) is 15.9. The highest BCUT2D eigenvalue weighted by Gasteiger charge is 2.18. The Morgan fingerprint density at radius 2 is 1.90 bits per heavy atom. The Labute approximate surface area is 122 Å². The van der Waals surface area contributed by atoms with E-state index >= 15 is 0 Å². The summed E-state index contributed by atoms with van der Waals surface area (Å²) in [4.78, 5) is 16.1. The zero-order valence-electron chi connectivity index (χ0n) is 11.1. The summed E-state index contributed by atoms with van der Waals surface area (Å²) in [6.07, 6.45) is 4.54. The minimum absolute atomic E-state index is 0.319. The second kappa shape index (κ2) is 6.79. The lowest BCUT2D eigenvalue weighted by atomic mass is 10.00. The van der Waals surface area contributed by atoms with E-state index in [0.717, 1.165) is 5.56 Å². The number of nitriles is 2. The van der Waals surface area contributed by atoms with Gasteiger partial charge < -0.3 is 0 Å². The van der Waals surface area contributed by atoms with Gasteiger partial charge in [-0.3, -0.25) is 9.78 Å². The number of nitrogens with zero attached hydrogens (tertiary/aromatic N) is 3. The highest BCUT2D eigenvalue weighted by atomic mass is 16.1. The van der Waals surface area contributed by atoms with Crippen LogP contribution in [0.1, 0.15) is 22.7 Å². The van der Waals surface area contributed by atoms with Gasteiger partial charge in [0.15, 0.2) is 11.7 Å². The largest absolute Gasteiger partial charge is 0.293 e. The molecule has 0 amide bonds. The molecule has 2 rings (SSSR count). The minimum Gasteiger partial charge on any atom is -0.293 e. The average molecular weight is 273 g/mol. The van der Waals surface area contributed by atoms with Crippen molar-refractivity contribution in [3.63, 3.8) is 0 Å². The molecule has 0 saturated heterocycles. The van der Waals surface area contributed by atoms with E-state index < -0.39 is 5.92 Å². The van der Waals surface area contributed by atoms with Crippen molar-refractivity contribution in [1.29, 1.82) is 10.5 Å². The van der Waals surface area contributed by atoms with Crippen molar-refractivity contribution in [1.82, 2.24) is 4.98 Å². The zero-order chi connectivity index (χ0) is 15.1. The van der Waals surface area contributed by atoms with Crippen LogP contribution in [0.2, 0.25) is 0 Å². The van der Waals surface area contributed by atoms with E-state index in [9.17, 15) is 4.79 Å². The summed E-state index contributed by atoms with van der Waals surface area (Å²) in [7, 11) is 0. The third kappa shape index (κ3) is 3.62. The third-order valence-corrected chi connectivity index (χ3v) is 2.88.